The third-order valence-corrected chi connectivity index (χ3v) is 3.48. The van der Waals surface area contributed by atoms with Gasteiger partial charge in [0, 0.05) is 0 Å². The van der Waals surface area contributed by atoms with Gasteiger partial charge in [-0.3, -0.25) is 9.59 Å². The summed E-state index contributed by atoms with van der Waals surface area (Å²) in [7, 11) is 0. The van der Waals surface area contributed by atoms with Crippen LogP contribution in [0.15, 0.2) is 0 Å². The average Bonchev–Trinajstić information content (AvgIpc) is 2.81. The van der Waals surface area contributed by atoms with Gasteiger partial charge in [-0.1, -0.05) is 0 Å². The fourth-order valence-corrected chi connectivity index (χ4v) is 2.66. The molecule has 2 saturated heterocycles. The molecule has 0 bridgehead atoms. The van der Waals surface area contributed by atoms with E-state index in [0.717, 1.165) is 10.0 Å². The molecule has 0 aromatic carbocycles. The molecule has 2 aliphatic heterocycles. The molecular formula is C10H16N2O6. The SMILES string of the molecule is O=C(O)[C@@H]1CCC(O)N1N1C(O)CC[C@H]1C(=O)O. The maximum absolute atomic E-state index is 11.1. The number of aliphatic carboxylic acids is 2. The van der Waals surface area contributed by atoms with E-state index in [1.807, 2.05) is 0 Å². The number of rotatable bonds is 3. The minimum absolute atomic E-state index is 0.228. The molecule has 0 radical (unpaired) electrons. The van der Waals surface area contributed by atoms with Crippen LogP contribution in [-0.4, -0.2) is 66.9 Å². The summed E-state index contributed by atoms with van der Waals surface area (Å²) in [4.78, 5) is 22.2. The van der Waals surface area contributed by atoms with Crippen molar-refractivity contribution in [2.75, 3.05) is 0 Å². The van der Waals surface area contributed by atoms with Crippen molar-refractivity contribution in [1.82, 2.24) is 10.0 Å². The molecule has 2 aliphatic rings. The molecule has 2 fully saturated rings. The largest absolute Gasteiger partial charge is 0.480 e. The first-order valence-electron chi connectivity index (χ1n) is 5.81. The van der Waals surface area contributed by atoms with E-state index >= 15 is 0 Å². The van der Waals surface area contributed by atoms with Crippen LogP contribution >= 0.6 is 0 Å². The molecule has 2 heterocycles. The summed E-state index contributed by atoms with van der Waals surface area (Å²) in [5.41, 5.74) is 0. The Labute approximate surface area is 103 Å². The number of carboxylic acids is 2. The number of nitrogens with zero attached hydrogens (tertiary/aromatic N) is 2. The van der Waals surface area contributed by atoms with Crippen molar-refractivity contribution in [3.8, 4) is 0 Å². The highest BCUT2D eigenvalue weighted by Crippen LogP contribution is 2.33. The summed E-state index contributed by atoms with van der Waals surface area (Å²) in [6.07, 6.45) is -1.20. The highest BCUT2D eigenvalue weighted by molar-refractivity contribution is 5.75. The van der Waals surface area contributed by atoms with Crippen LogP contribution in [0.1, 0.15) is 25.7 Å². The van der Waals surface area contributed by atoms with Crippen LogP contribution in [0, 0.1) is 0 Å². The smallest absolute Gasteiger partial charge is 0.322 e. The number of hydrazine groups is 1. The quantitative estimate of drug-likeness (QED) is 0.490. The molecule has 0 saturated carbocycles. The number of carboxylic acid groups (broad SMARTS) is 2. The Morgan fingerprint density at radius 1 is 0.778 bits per heavy atom. The van der Waals surface area contributed by atoms with E-state index in [2.05, 4.69) is 0 Å². The van der Waals surface area contributed by atoms with Gasteiger partial charge >= 0.3 is 11.9 Å². The summed E-state index contributed by atoms with van der Waals surface area (Å²) in [6, 6.07) is -1.98. The van der Waals surface area contributed by atoms with Crippen LogP contribution in [-0.2, 0) is 9.59 Å². The summed E-state index contributed by atoms with van der Waals surface area (Å²) in [6.45, 7) is 0. The number of aliphatic hydroxyl groups is 2. The van der Waals surface area contributed by atoms with Crippen molar-refractivity contribution in [3.05, 3.63) is 0 Å². The van der Waals surface area contributed by atoms with E-state index in [-0.39, 0.29) is 25.7 Å². The van der Waals surface area contributed by atoms with Gasteiger partial charge in [0.05, 0.1) is 0 Å². The molecular weight excluding hydrogens is 244 g/mol. The summed E-state index contributed by atoms with van der Waals surface area (Å²) >= 11 is 0. The van der Waals surface area contributed by atoms with Crippen molar-refractivity contribution in [2.45, 2.75) is 50.2 Å². The first-order valence-corrected chi connectivity index (χ1v) is 5.81. The van der Waals surface area contributed by atoms with Gasteiger partial charge in [0.2, 0.25) is 0 Å². The highest BCUT2D eigenvalue weighted by atomic mass is 16.4. The predicted molar refractivity (Wildman–Crippen MR) is 57.0 cm³/mol. The van der Waals surface area contributed by atoms with Gasteiger partial charge in [-0.2, -0.15) is 10.0 Å². The molecule has 0 aliphatic carbocycles. The van der Waals surface area contributed by atoms with E-state index in [1.54, 1.807) is 0 Å². The summed E-state index contributed by atoms with van der Waals surface area (Å²) in [5, 5.41) is 39.9. The number of hydrogen-bond donors (Lipinski definition) is 4. The Balaban J connectivity index is 2.26. The lowest BCUT2D eigenvalue weighted by Gasteiger charge is -2.38. The lowest BCUT2D eigenvalue weighted by atomic mass is 10.2. The van der Waals surface area contributed by atoms with Gasteiger partial charge in [-0.25, -0.2) is 0 Å². The zero-order chi connectivity index (χ0) is 13.4. The first kappa shape index (κ1) is 13.2. The fourth-order valence-electron chi connectivity index (χ4n) is 2.66. The zero-order valence-electron chi connectivity index (χ0n) is 9.64. The third kappa shape index (κ3) is 2.07. The summed E-state index contributed by atoms with van der Waals surface area (Å²) < 4.78 is 0. The molecule has 0 aromatic rings. The molecule has 0 aromatic heterocycles. The second-order valence-corrected chi connectivity index (χ2v) is 4.58. The van der Waals surface area contributed by atoms with Gasteiger partial charge in [0.25, 0.3) is 0 Å². The topological polar surface area (TPSA) is 122 Å². The van der Waals surface area contributed by atoms with Crippen LogP contribution in [0.5, 0.6) is 0 Å². The average molecular weight is 260 g/mol. The van der Waals surface area contributed by atoms with Gasteiger partial charge in [-0.15, -0.1) is 0 Å². The van der Waals surface area contributed by atoms with Crippen molar-refractivity contribution in [3.63, 3.8) is 0 Å². The van der Waals surface area contributed by atoms with Crippen LogP contribution in [0.25, 0.3) is 0 Å². The molecule has 102 valence electrons. The third-order valence-electron chi connectivity index (χ3n) is 3.48. The van der Waals surface area contributed by atoms with Crippen LogP contribution in [0.2, 0.25) is 0 Å². The second-order valence-electron chi connectivity index (χ2n) is 4.58. The molecule has 18 heavy (non-hydrogen) atoms. The molecule has 0 amide bonds. The molecule has 8 nitrogen and oxygen atoms in total. The standard InChI is InChI=1S/C10H16N2O6/c13-7-3-1-5(9(15)16)11(7)12-6(10(17)18)2-4-8(12)14/h5-8,13-14H,1-4H2,(H,15,16)(H,17,18)/t5-,6-,7?,8?/m0/s1. The van der Waals surface area contributed by atoms with Crippen LogP contribution < -0.4 is 0 Å². The van der Waals surface area contributed by atoms with Gasteiger partial charge < -0.3 is 20.4 Å². The van der Waals surface area contributed by atoms with Crippen LogP contribution in [0.4, 0.5) is 0 Å². The fraction of sp³-hybridized carbons (Fsp3) is 0.800. The van der Waals surface area contributed by atoms with Gasteiger partial charge in [0.15, 0.2) is 0 Å². The Kier molecular flexibility index (Phi) is 3.53. The van der Waals surface area contributed by atoms with Crippen molar-refractivity contribution in [2.24, 2.45) is 0 Å². The van der Waals surface area contributed by atoms with E-state index in [0.29, 0.717) is 0 Å². The predicted octanol–water partition coefficient (Wildman–Crippen LogP) is -1.36. The minimum atomic E-state index is -1.13. The molecule has 0 spiro atoms. The monoisotopic (exact) mass is 260 g/mol. The van der Waals surface area contributed by atoms with E-state index in [4.69, 9.17) is 10.2 Å². The number of carbonyl (C=O) groups is 2. The number of aliphatic hydroxyl groups excluding tert-OH is 2. The van der Waals surface area contributed by atoms with Crippen molar-refractivity contribution < 1.29 is 30.0 Å². The lowest BCUT2D eigenvalue weighted by molar-refractivity contribution is -0.212. The first-order chi connectivity index (χ1) is 8.43. The van der Waals surface area contributed by atoms with Gasteiger partial charge in [-0.05, 0) is 25.7 Å². The lowest BCUT2D eigenvalue weighted by Crippen LogP contribution is -2.58. The summed E-state index contributed by atoms with van der Waals surface area (Å²) in [5.74, 6) is -2.26. The molecule has 8 heteroatoms. The Hall–Kier alpha value is -1.22. The maximum Gasteiger partial charge on any atom is 0.322 e. The number of hydrogen-bond acceptors (Lipinski definition) is 6. The highest BCUT2D eigenvalue weighted by Gasteiger charge is 2.49. The maximum atomic E-state index is 11.1. The Morgan fingerprint density at radius 2 is 1.11 bits per heavy atom. The second kappa shape index (κ2) is 4.81. The van der Waals surface area contributed by atoms with Gasteiger partial charge in [0.1, 0.15) is 24.5 Å². The van der Waals surface area contributed by atoms with Crippen molar-refractivity contribution in [1.29, 1.82) is 0 Å². The minimum Gasteiger partial charge on any atom is -0.480 e. The molecule has 2 unspecified atom stereocenters. The Bertz CT molecular complexity index is 328. The van der Waals surface area contributed by atoms with Crippen LogP contribution in [0.3, 0.4) is 0 Å². The van der Waals surface area contributed by atoms with E-state index in [9.17, 15) is 19.8 Å². The van der Waals surface area contributed by atoms with E-state index in [1.165, 1.54) is 0 Å². The molecule has 2 rings (SSSR count). The van der Waals surface area contributed by atoms with E-state index < -0.39 is 36.5 Å². The Morgan fingerprint density at radius 3 is 1.39 bits per heavy atom. The molecule has 4 N–H and O–H groups in total. The zero-order valence-corrected chi connectivity index (χ0v) is 9.64. The normalized spacial score (nSPS) is 38.1. The molecule has 4 atom stereocenters. The van der Waals surface area contributed by atoms with Crippen molar-refractivity contribution >= 4 is 11.9 Å².